The Bertz CT molecular complexity index is 3470. The lowest BCUT2D eigenvalue weighted by molar-refractivity contribution is 0.666. The maximum atomic E-state index is 6.88. The van der Waals surface area contributed by atoms with Crippen LogP contribution in [-0.2, 0) is 0 Å². The van der Waals surface area contributed by atoms with E-state index in [1.165, 1.54) is 31.3 Å². The Hall–Kier alpha value is -7.41. The number of para-hydroxylation sites is 2. The van der Waals surface area contributed by atoms with E-state index >= 15 is 0 Å². The Morgan fingerprint density at radius 1 is 0.404 bits per heavy atom. The van der Waals surface area contributed by atoms with Gasteiger partial charge in [0.2, 0.25) is 0 Å². The van der Waals surface area contributed by atoms with Crippen LogP contribution in [0.2, 0.25) is 0 Å². The second-order valence-electron chi connectivity index (χ2n) is 14.3. The highest BCUT2D eigenvalue weighted by atomic mass is 32.1. The van der Waals surface area contributed by atoms with E-state index in [0.29, 0.717) is 17.5 Å². The molecule has 0 spiro atoms. The van der Waals surface area contributed by atoms with E-state index < -0.39 is 0 Å². The number of nitrogens with zero attached hydrogens (tertiary/aromatic N) is 4. The summed E-state index contributed by atoms with van der Waals surface area (Å²) in [6, 6.07) is 63.7. The predicted molar refractivity (Wildman–Crippen MR) is 236 cm³/mol. The molecule has 12 rings (SSSR count). The van der Waals surface area contributed by atoms with Crippen LogP contribution < -0.4 is 0 Å². The number of rotatable bonds is 5. The first kappa shape index (κ1) is 31.9. The first-order valence-electron chi connectivity index (χ1n) is 19.0. The molecule has 5 nitrogen and oxygen atoms in total. The normalized spacial score (nSPS) is 11.9. The third kappa shape index (κ3) is 4.98. The molecule has 0 N–H and O–H groups in total. The van der Waals surface area contributed by atoms with Crippen molar-refractivity contribution in [1.29, 1.82) is 0 Å². The summed E-state index contributed by atoms with van der Waals surface area (Å²) in [4.78, 5) is 15.4. The summed E-state index contributed by atoms with van der Waals surface area (Å²) in [6.07, 6.45) is 0. The largest absolute Gasteiger partial charge is 0.454 e. The molecule has 0 aliphatic rings. The molecule has 0 unspecified atom stereocenters. The van der Waals surface area contributed by atoms with Crippen LogP contribution in [0.25, 0.3) is 115 Å². The van der Waals surface area contributed by atoms with E-state index in [1.807, 2.05) is 84.1 Å². The lowest BCUT2D eigenvalue weighted by Gasteiger charge is -2.15. The van der Waals surface area contributed by atoms with E-state index in [4.69, 9.17) is 19.4 Å². The Morgan fingerprint density at radius 2 is 1.04 bits per heavy atom. The Kier molecular flexibility index (Phi) is 7.03. The SMILES string of the molecule is c1ccc(-c2nc(-c3ccccc3)nc(-c3ccc4c(oc5ccccc54)c3-n3c4ccccc4c4cc(-c5cccc6sc7ccccc7c56)ccc43)n2)cc1. The number of furan rings is 1. The van der Waals surface area contributed by atoms with Crippen molar-refractivity contribution < 1.29 is 4.42 Å². The zero-order valence-electron chi connectivity index (χ0n) is 30.4. The maximum Gasteiger partial charge on any atom is 0.166 e. The summed E-state index contributed by atoms with van der Waals surface area (Å²) < 4.78 is 11.8. The molecule has 57 heavy (non-hydrogen) atoms. The summed E-state index contributed by atoms with van der Waals surface area (Å²) in [6.45, 7) is 0. The van der Waals surface area contributed by atoms with Gasteiger partial charge in [0.25, 0.3) is 0 Å². The minimum atomic E-state index is 0.568. The van der Waals surface area contributed by atoms with E-state index in [1.54, 1.807) is 0 Å². The summed E-state index contributed by atoms with van der Waals surface area (Å²) in [5.74, 6) is 1.79. The molecular formula is C51H30N4OS. The third-order valence-corrected chi connectivity index (χ3v) is 12.2. The lowest BCUT2D eigenvalue weighted by Crippen LogP contribution is -2.04. The zero-order valence-corrected chi connectivity index (χ0v) is 31.2. The van der Waals surface area contributed by atoms with Crippen LogP contribution in [0, 0.1) is 0 Å². The average Bonchev–Trinajstić information content (AvgIpc) is 3.96. The van der Waals surface area contributed by atoms with Crippen molar-refractivity contribution in [2.45, 2.75) is 0 Å². The van der Waals surface area contributed by atoms with Crippen molar-refractivity contribution in [2.75, 3.05) is 0 Å². The minimum Gasteiger partial charge on any atom is -0.454 e. The standard InChI is InChI=1S/C51H30N4OS/c1-3-14-31(15-4-1)49-52-50(32-16-5-2-6-17-32)54-51(53-49)39-28-27-37-36-19-8-11-23-43(36)56-48(37)47(39)55-41-22-10-7-18-35(41)40-30-33(26-29-42(40)55)34-21-13-25-45-46(34)38-20-9-12-24-44(38)57-45/h1-30H. The van der Waals surface area contributed by atoms with Crippen molar-refractivity contribution in [1.82, 2.24) is 19.5 Å². The minimum absolute atomic E-state index is 0.568. The fraction of sp³-hybridized carbons (Fsp3) is 0. The highest BCUT2D eigenvalue weighted by Gasteiger charge is 2.25. The van der Waals surface area contributed by atoms with Gasteiger partial charge in [0.05, 0.1) is 11.0 Å². The van der Waals surface area contributed by atoms with E-state index in [9.17, 15) is 0 Å². The van der Waals surface area contributed by atoms with Crippen molar-refractivity contribution >= 4 is 75.3 Å². The first-order chi connectivity index (χ1) is 28.3. The Morgan fingerprint density at radius 3 is 1.82 bits per heavy atom. The zero-order chi connectivity index (χ0) is 37.5. The molecule has 0 radical (unpaired) electrons. The van der Waals surface area contributed by atoms with Gasteiger partial charge < -0.3 is 8.98 Å². The fourth-order valence-electron chi connectivity index (χ4n) is 8.50. The van der Waals surface area contributed by atoms with Crippen molar-refractivity contribution in [2.24, 2.45) is 0 Å². The number of thiophene rings is 1. The highest BCUT2D eigenvalue weighted by Crippen LogP contribution is 2.45. The molecule has 6 heteroatoms. The average molecular weight is 747 g/mol. The summed E-state index contributed by atoms with van der Waals surface area (Å²) in [7, 11) is 0. The summed E-state index contributed by atoms with van der Waals surface area (Å²) in [5, 5.41) is 6.99. The van der Waals surface area contributed by atoms with Gasteiger partial charge in [0.1, 0.15) is 11.3 Å². The van der Waals surface area contributed by atoms with Gasteiger partial charge in [0.15, 0.2) is 23.1 Å². The van der Waals surface area contributed by atoms with Crippen LogP contribution in [0.15, 0.2) is 186 Å². The molecule has 0 saturated carbocycles. The Labute approximate surface area is 330 Å². The van der Waals surface area contributed by atoms with Crippen LogP contribution in [-0.4, -0.2) is 19.5 Å². The second kappa shape index (κ2) is 12.6. The van der Waals surface area contributed by atoms with Crippen LogP contribution in [0.4, 0.5) is 0 Å². The second-order valence-corrected chi connectivity index (χ2v) is 15.4. The molecule has 0 aliphatic heterocycles. The van der Waals surface area contributed by atoms with Crippen molar-refractivity contribution in [3.05, 3.63) is 182 Å². The number of hydrogen-bond acceptors (Lipinski definition) is 5. The molecule has 12 aromatic rings. The van der Waals surface area contributed by atoms with Gasteiger partial charge >= 0.3 is 0 Å². The molecule has 0 aliphatic carbocycles. The van der Waals surface area contributed by atoms with Crippen LogP contribution >= 0.6 is 11.3 Å². The molecule has 0 saturated heterocycles. The van der Waals surface area contributed by atoms with Gasteiger partial charge in [-0.3, -0.25) is 0 Å². The molecule has 8 aromatic carbocycles. The van der Waals surface area contributed by atoms with Crippen LogP contribution in [0.5, 0.6) is 0 Å². The number of benzene rings is 8. The molecule has 0 fully saturated rings. The Balaban J connectivity index is 1.17. The lowest BCUT2D eigenvalue weighted by atomic mass is 9.98. The summed E-state index contributed by atoms with van der Waals surface area (Å²) in [5.41, 5.74) is 9.72. The summed E-state index contributed by atoms with van der Waals surface area (Å²) >= 11 is 1.85. The van der Waals surface area contributed by atoms with Gasteiger partial charge in [-0.05, 0) is 59.7 Å². The molecule has 0 bridgehead atoms. The number of fused-ring (bicyclic) bond motifs is 9. The molecule has 4 heterocycles. The monoisotopic (exact) mass is 746 g/mol. The molecule has 266 valence electrons. The molecule has 0 amide bonds. The molecular weight excluding hydrogens is 717 g/mol. The highest BCUT2D eigenvalue weighted by molar-refractivity contribution is 7.25. The quantitative estimate of drug-likeness (QED) is 0.176. The number of hydrogen-bond donors (Lipinski definition) is 0. The topological polar surface area (TPSA) is 56.7 Å². The third-order valence-electron chi connectivity index (χ3n) is 11.1. The molecule has 0 atom stereocenters. The number of aromatic nitrogens is 4. The van der Waals surface area contributed by atoms with Gasteiger partial charge in [-0.1, -0.05) is 133 Å². The van der Waals surface area contributed by atoms with Crippen molar-refractivity contribution in [3.8, 4) is 51.0 Å². The van der Waals surface area contributed by atoms with Crippen molar-refractivity contribution in [3.63, 3.8) is 0 Å². The van der Waals surface area contributed by atoms with E-state index in [2.05, 4.69) is 114 Å². The smallest absolute Gasteiger partial charge is 0.166 e. The predicted octanol–water partition coefficient (Wildman–Crippen LogP) is 13.9. The van der Waals surface area contributed by atoms with Gasteiger partial charge in [-0.25, -0.2) is 15.0 Å². The fourth-order valence-corrected chi connectivity index (χ4v) is 9.63. The maximum absolute atomic E-state index is 6.88. The van der Waals surface area contributed by atoms with E-state index in [0.717, 1.165) is 66.1 Å². The van der Waals surface area contributed by atoms with Crippen LogP contribution in [0.1, 0.15) is 0 Å². The van der Waals surface area contributed by atoms with Gasteiger partial charge in [0, 0.05) is 58.4 Å². The van der Waals surface area contributed by atoms with E-state index in [-0.39, 0.29) is 0 Å². The molecule has 4 aromatic heterocycles. The van der Waals surface area contributed by atoms with Crippen LogP contribution in [0.3, 0.4) is 0 Å². The first-order valence-corrected chi connectivity index (χ1v) is 19.8. The van der Waals surface area contributed by atoms with Gasteiger partial charge in [-0.15, -0.1) is 11.3 Å². The van der Waals surface area contributed by atoms with Gasteiger partial charge in [-0.2, -0.15) is 0 Å².